The van der Waals surface area contributed by atoms with Crippen molar-refractivity contribution >= 4 is 44.1 Å². The molecule has 2 heterocycles. The Morgan fingerprint density at radius 1 is 1.08 bits per heavy atom. The van der Waals surface area contributed by atoms with Crippen molar-refractivity contribution in [3.8, 4) is 5.75 Å². The number of aliphatic hydroxyl groups excluding tert-OH is 1. The predicted molar refractivity (Wildman–Crippen MR) is 147 cm³/mol. The van der Waals surface area contributed by atoms with Crippen molar-refractivity contribution in [2.45, 2.75) is 39.2 Å². The molecule has 9 heteroatoms. The number of hydrogen-bond donors (Lipinski definition) is 1. The minimum Gasteiger partial charge on any atom is -0.507 e. The molecule has 6 nitrogen and oxygen atoms in total. The van der Waals surface area contributed by atoms with Gasteiger partial charge in [0.15, 0.2) is 10.9 Å². The van der Waals surface area contributed by atoms with Crippen LogP contribution in [0.15, 0.2) is 66.2 Å². The average Bonchev–Trinajstić information content (AvgIpc) is 3.45. The number of hydrogen-bond acceptors (Lipinski definition) is 6. The number of aromatic nitrogens is 1. The highest BCUT2D eigenvalue weighted by Crippen LogP contribution is 2.44. The minimum atomic E-state index is -1.02. The summed E-state index contributed by atoms with van der Waals surface area (Å²) in [5.41, 5.74) is 1.56. The summed E-state index contributed by atoms with van der Waals surface area (Å²) in [5, 5.41) is 11.4. The van der Waals surface area contributed by atoms with E-state index >= 15 is 0 Å². The number of rotatable bonds is 8. The zero-order chi connectivity index (χ0) is 27.7. The molecular formula is C30H26F2N2O4S. The Morgan fingerprint density at radius 3 is 2.56 bits per heavy atom. The first-order chi connectivity index (χ1) is 18.8. The van der Waals surface area contributed by atoms with Crippen LogP contribution >= 0.6 is 11.3 Å². The lowest BCUT2D eigenvalue weighted by Gasteiger charge is -2.23. The van der Waals surface area contributed by atoms with Crippen LogP contribution in [0.2, 0.25) is 0 Å². The molecule has 0 radical (unpaired) electrons. The number of carbonyl (C=O) groups is 2. The molecule has 0 spiro atoms. The van der Waals surface area contributed by atoms with Crippen LogP contribution in [-0.4, -0.2) is 28.4 Å². The van der Waals surface area contributed by atoms with Crippen LogP contribution in [0.1, 0.15) is 48.9 Å². The molecule has 1 fully saturated rings. The molecule has 1 N–H and O–H groups in total. The van der Waals surface area contributed by atoms with Crippen molar-refractivity contribution in [1.82, 2.24) is 4.98 Å². The summed E-state index contributed by atoms with van der Waals surface area (Å²) in [4.78, 5) is 32.2. The summed E-state index contributed by atoms with van der Waals surface area (Å²) >= 11 is 0.895. The maximum Gasteiger partial charge on any atom is 0.301 e. The van der Waals surface area contributed by atoms with Crippen molar-refractivity contribution in [2.24, 2.45) is 0 Å². The molecule has 1 atom stereocenters. The lowest BCUT2D eigenvalue weighted by molar-refractivity contribution is -0.132. The number of benzene rings is 3. The van der Waals surface area contributed by atoms with Crippen molar-refractivity contribution in [3.05, 3.63) is 94.6 Å². The molecular weight excluding hydrogens is 522 g/mol. The molecule has 1 aliphatic heterocycles. The van der Waals surface area contributed by atoms with Gasteiger partial charge in [-0.1, -0.05) is 60.9 Å². The molecule has 1 amide bonds. The molecule has 3 aromatic carbocycles. The molecule has 0 saturated carbocycles. The minimum absolute atomic E-state index is 0.0259. The van der Waals surface area contributed by atoms with E-state index in [1.54, 1.807) is 42.5 Å². The largest absolute Gasteiger partial charge is 0.507 e. The van der Waals surface area contributed by atoms with Crippen LogP contribution < -0.4 is 9.64 Å². The maximum absolute atomic E-state index is 14.4. The van der Waals surface area contributed by atoms with E-state index in [1.807, 2.05) is 13.0 Å². The molecule has 1 unspecified atom stereocenters. The summed E-state index contributed by atoms with van der Waals surface area (Å²) in [6.45, 7) is 4.55. The number of thiazole rings is 1. The van der Waals surface area contributed by atoms with Crippen LogP contribution in [0.4, 0.5) is 13.9 Å². The molecule has 1 aliphatic rings. The Balaban J connectivity index is 1.59. The third-order valence-electron chi connectivity index (χ3n) is 6.55. The number of anilines is 1. The molecule has 39 heavy (non-hydrogen) atoms. The SMILES string of the molecule is CCCCCOc1ccc(/C(O)=C2\C(=O)C(=O)N(c3nc4c(F)cc(F)cc4s3)C2c2cccc(C)c2)cc1. The van der Waals surface area contributed by atoms with Gasteiger partial charge in [0.2, 0.25) is 0 Å². The van der Waals surface area contributed by atoms with E-state index in [4.69, 9.17) is 4.74 Å². The molecule has 1 aromatic heterocycles. The Hall–Kier alpha value is -4.11. The van der Waals surface area contributed by atoms with E-state index in [9.17, 15) is 23.5 Å². The van der Waals surface area contributed by atoms with E-state index in [2.05, 4.69) is 11.9 Å². The number of ether oxygens (including phenoxy) is 1. The van der Waals surface area contributed by atoms with Gasteiger partial charge in [0, 0.05) is 11.6 Å². The summed E-state index contributed by atoms with van der Waals surface area (Å²) in [6.07, 6.45) is 3.08. The number of fused-ring (bicyclic) bond motifs is 1. The van der Waals surface area contributed by atoms with Gasteiger partial charge in [-0.2, -0.15) is 0 Å². The highest BCUT2D eigenvalue weighted by molar-refractivity contribution is 7.22. The van der Waals surface area contributed by atoms with Gasteiger partial charge < -0.3 is 9.84 Å². The summed E-state index contributed by atoms with van der Waals surface area (Å²) < 4.78 is 34.2. The quantitative estimate of drug-likeness (QED) is 0.110. The smallest absolute Gasteiger partial charge is 0.301 e. The number of nitrogens with zero attached hydrogens (tertiary/aromatic N) is 2. The topological polar surface area (TPSA) is 79.7 Å². The highest BCUT2D eigenvalue weighted by atomic mass is 32.1. The first-order valence-corrected chi connectivity index (χ1v) is 13.5. The number of unbranched alkanes of at least 4 members (excludes halogenated alkanes) is 2. The number of halogens is 2. The maximum atomic E-state index is 14.4. The van der Waals surface area contributed by atoms with E-state index in [1.165, 1.54) is 0 Å². The lowest BCUT2D eigenvalue weighted by atomic mass is 9.94. The number of amides is 1. The van der Waals surface area contributed by atoms with Gasteiger partial charge in [-0.15, -0.1) is 0 Å². The second-order valence-electron chi connectivity index (χ2n) is 9.39. The zero-order valence-electron chi connectivity index (χ0n) is 21.4. The average molecular weight is 549 g/mol. The first-order valence-electron chi connectivity index (χ1n) is 12.6. The molecule has 0 aliphatic carbocycles. The Labute approximate surface area is 228 Å². The van der Waals surface area contributed by atoms with E-state index < -0.39 is 29.4 Å². The fourth-order valence-corrected chi connectivity index (χ4v) is 5.67. The summed E-state index contributed by atoms with van der Waals surface area (Å²) in [7, 11) is 0. The molecule has 1 saturated heterocycles. The van der Waals surface area contributed by atoms with Gasteiger partial charge in [-0.25, -0.2) is 13.8 Å². The standard InChI is InChI=1S/C30H26F2N2O4S/c1-3-4-5-13-38-21-11-9-18(10-12-21)27(35)24-26(19-8-6-7-17(2)14-19)34(29(37)28(24)36)30-33-25-22(32)15-20(31)16-23(25)39-30/h6-12,14-16,26,35H,3-5,13H2,1-2H3/b27-24+. The molecule has 4 aromatic rings. The van der Waals surface area contributed by atoms with Gasteiger partial charge in [-0.3, -0.25) is 14.5 Å². The van der Waals surface area contributed by atoms with Crippen molar-refractivity contribution in [3.63, 3.8) is 0 Å². The number of ketones is 1. The van der Waals surface area contributed by atoms with Crippen LogP contribution in [0.25, 0.3) is 16.0 Å². The van der Waals surface area contributed by atoms with Crippen LogP contribution in [0.5, 0.6) is 5.75 Å². The van der Waals surface area contributed by atoms with Gasteiger partial charge >= 0.3 is 5.91 Å². The van der Waals surface area contributed by atoms with Crippen molar-refractivity contribution in [2.75, 3.05) is 11.5 Å². The van der Waals surface area contributed by atoms with Crippen LogP contribution in [-0.2, 0) is 9.59 Å². The van der Waals surface area contributed by atoms with Gasteiger partial charge in [0.25, 0.3) is 5.78 Å². The van der Waals surface area contributed by atoms with E-state index in [-0.39, 0.29) is 26.7 Å². The molecule has 5 rings (SSSR count). The third kappa shape index (κ3) is 5.14. The number of carbonyl (C=O) groups excluding carboxylic acids is 2. The van der Waals surface area contributed by atoms with Crippen LogP contribution in [0, 0.1) is 18.6 Å². The number of aliphatic hydroxyl groups is 1. The van der Waals surface area contributed by atoms with Crippen LogP contribution in [0.3, 0.4) is 0 Å². The number of Topliss-reactive ketones (excluding diaryl/α,β-unsaturated/α-hetero) is 1. The van der Waals surface area contributed by atoms with Gasteiger partial charge in [0.05, 0.1) is 22.9 Å². The van der Waals surface area contributed by atoms with E-state index in [0.29, 0.717) is 23.5 Å². The first kappa shape index (κ1) is 26.5. The third-order valence-corrected chi connectivity index (χ3v) is 7.56. The van der Waals surface area contributed by atoms with Crippen molar-refractivity contribution in [1.29, 1.82) is 0 Å². The second-order valence-corrected chi connectivity index (χ2v) is 10.4. The summed E-state index contributed by atoms with van der Waals surface area (Å²) in [5.74, 6) is -3.18. The fourth-order valence-electron chi connectivity index (χ4n) is 4.64. The summed E-state index contributed by atoms with van der Waals surface area (Å²) in [6, 6.07) is 14.7. The Kier molecular flexibility index (Phi) is 7.43. The predicted octanol–water partition coefficient (Wildman–Crippen LogP) is 7.08. The number of aryl methyl sites for hydroxylation is 1. The highest BCUT2D eigenvalue weighted by Gasteiger charge is 2.48. The van der Waals surface area contributed by atoms with Crippen molar-refractivity contribution < 1.29 is 28.2 Å². The molecule has 200 valence electrons. The molecule has 0 bridgehead atoms. The Morgan fingerprint density at radius 2 is 1.85 bits per heavy atom. The lowest BCUT2D eigenvalue weighted by Crippen LogP contribution is -2.29. The van der Waals surface area contributed by atoms with Gasteiger partial charge in [-0.05, 0) is 49.2 Å². The Bertz CT molecular complexity index is 1600. The van der Waals surface area contributed by atoms with E-state index in [0.717, 1.165) is 53.2 Å². The zero-order valence-corrected chi connectivity index (χ0v) is 22.2. The second kappa shape index (κ2) is 10.9. The monoisotopic (exact) mass is 548 g/mol. The van der Waals surface area contributed by atoms with Gasteiger partial charge in [0.1, 0.15) is 22.8 Å². The fraction of sp³-hybridized carbons (Fsp3) is 0.233. The normalized spacial score (nSPS) is 16.8.